The summed E-state index contributed by atoms with van der Waals surface area (Å²) in [7, 11) is -3.80. The molecule has 140 valence electrons. The number of benzene rings is 2. The van der Waals surface area contributed by atoms with Gasteiger partial charge in [0.1, 0.15) is 0 Å². The molecule has 1 amide bonds. The fourth-order valence-electron chi connectivity index (χ4n) is 2.62. The number of nitrogens with one attached hydrogen (secondary N) is 1. The molecule has 0 spiro atoms. The van der Waals surface area contributed by atoms with Gasteiger partial charge in [-0.1, -0.05) is 49.4 Å². The second-order valence-corrected chi connectivity index (χ2v) is 8.28. The molecule has 0 saturated heterocycles. The maximum absolute atomic E-state index is 13.3. The van der Waals surface area contributed by atoms with E-state index in [0.717, 1.165) is 17.5 Å². The lowest BCUT2D eigenvalue weighted by Crippen LogP contribution is -2.40. The van der Waals surface area contributed by atoms with Crippen molar-refractivity contribution in [3.8, 4) is 0 Å². The van der Waals surface area contributed by atoms with Gasteiger partial charge < -0.3 is 5.32 Å². The monoisotopic (exact) mass is 374 g/mol. The summed E-state index contributed by atoms with van der Waals surface area (Å²) in [6.45, 7) is 6.05. The number of rotatable bonds is 8. The average molecular weight is 375 g/mol. The van der Waals surface area contributed by atoms with Crippen molar-refractivity contribution in [3.05, 3.63) is 65.2 Å². The number of nitrogens with zero attached hydrogens (tertiary/aromatic N) is 1. The van der Waals surface area contributed by atoms with Gasteiger partial charge in [0, 0.05) is 13.1 Å². The van der Waals surface area contributed by atoms with Crippen molar-refractivity contribution in [2.75, 3.05) is 13.1 Å². The molecule has 26 heavy (non-hydrogen) atoms. The van der Waals surface area contributed by atoms with E-state index >= 15 is 0 Å². The van der Waals surface area contributed by atoms with Crippen LogP contribution in [0.1, 0.15) is 30.0 Å². The molecule has 0 aliphatic rings. The van der Waals surface area contributed by atoms with Crippen LogP contribution >= 0.6 is 0 Å². The summed E-state index contributed by atoms with van der Waals surface area (Å²) in [5.41, 5.74) is 2.37. The fraction of sp³-hybridized carbons (Fsp3) is 0.350. The van der Waals surface area contributed by atoms with E-state index in [2.05, 4.69) is 5.32 Å². The highest BCUT2D eigenvalue weighted by Crippen LogP contribution is 2.23. The predicted molar refractivity (Wildman–Crippen MR) is 103 cm³/mol. The Morgan fingerprint density at radius 2 is 1.77 bits per heavy atom. The van der Waals surface area contributed by atoms with Crippen LogP contribution in [0.4, 0.5) is 0 Å². The molecule has 6 heteroatoms. The minimum atomic E-state index is -3.80. The third kappa shape index (κ3) is 5.16. The number of hydrogen-bond donors (Lipinski definition) is 1. The molecule has 0 heterocycles. The molecule has 0 saturated carbocycles. The van der Waals surface area contributed by atoms with Gasteiger partial charge in [0.25, 0.3) is 0 Å². The zero-order chi connectivity index (χ0) is 19.2. The third-order valence-corrected chi connectivity index (χ3v) is 5.99. The van der Waals surface area contributed by atoms with Crippen LogP contribution < -0.4 is 5.32 Å². The van der Waals surface area contributed by atoms with Crippen molar-refractivity contribution in [2.45, 2.75) is 38.6 Å². The molecular weight excluding hydrogens is 348 g/mol. The smallest absolute Gasteiger partial charge is 0.244 e. The Morgan fingerprint density at radius 1 is 1.08 bits per heavy atom. The lowest BCUT2D eigenvalue weighted by atomic mass is 10.2. The molecule has 5 nitrogen and oxygen atoms in total. The number of hydrogen-bond acceptors (Lipinski definition) is 3. The van der Waals surface area contributed by atoms with E-state index in [1.807, 2.05) is 50.2 Å². The van der Waals surface area contributed by atoms with Crippen LogP contribution in [0, 0.1) is 13.8 Å². The Labute approximate surface area is 156 Å². The summed E-state index contributed by atoms with van der Waals surface area (Å²) >= 11 is 0. The minimum Gasteiger partial charge on any atom is -0.355 e. The standard InChI is InChI=1S/C20H26N2O3S/c1-4-12-21-20(23)15-22(14-18-8-6-5-7-9-18)26(24,25)19-13-16(2)10-11-17(19)3/h5-11,13H,4,12,14-15H2,1-3H3,(H,21,23). The second kappa shape index (κ2) is 8.96. The number of carbonyl (C=O) groups excluding carboxylic acids is 1. The third-order valence-electron chi connectivity index (χ3n) is 4.06. The number of carbonyl (C=O) groups is 1. The highest BCUT2D eigenvalue weighted by atomic mass is 32.2. The largest absolute Gasteiger partial charge is 0.355 e. The number of aryl methyl sites for hydroxylation is 2. The molecule has 0 atom stereocenters. The van der Waals surface area contributed by atoms with Crippen molar-refractivity contribution in [2.24, 2.45) is 0 Å². The first kappa shape index (κ1) is 20.1. The summed E-state index contributed by atoms with van der Waals surface area (Å²) in [4.78, 5) is 12.5. The van der Waals surface area contributed by atoms with Crippen LogP contribution in [0.15, 0.2) is 53.4 Å². The Hall–Kier alpha value is -2.18. The van der Waals surface area contributed by atoms with E-state index in [0.29, 0.717) is 12.1 Å². The molecule has 0 aliphatic heterocycles. The van der Waals surface area contributed by atoms with Gasteiger partial charge in [-0.25, -0.2) is 8.42 Å². The van der Waals surface area contributed by atoms with Gasteiger partial charge in [0.15, 0.2) is 0 Å². The summed E-state index contributed by atoms with van der Waals surface area (Å²) in [5, 5.41) is 2.75. The zero-order valence-electron chi connectivity index (χ0n) is 15.5. The Balaban J connectivity index is 2.37. The topological polar surface area (TPSA) is 66.5 Å². The molecule has 0 unspecified atom stereocenters. The number of sulfonamides is 1. The van der Waals surface area contributed by atoms with Crippen LogP contribution in [-0.4, -0.2) is 31.7 Å². The lowest BCUT2D eigenvalue weighted by molar-refractivity contribution is -0.121. The SMILES string of the molecule is CCCNC(=O)CN(Cc1ccccc1)S(=O)(=O)c1cc(C)ccc1C. The Morgan fingerprint density at radius 3 is 2.42 bits per heavy atom. The van der Waals surface area contributed by atoms with Crippen molar-refractivity contribution in [1.82, 2.24) is 9.62 Å². The first-order valence-electron chi connectivity index (χ1n) is 8.72. The number of amides is 1. The molecule has 0 radical (unpaired) electrons. The normalized spacial score (nSPS) is 11.5. The molecule has 0 fully saturated rings. The molecule has 2 aromatic carbocycles. The van der Waals surface area contributed by atoms with Crippen molar-refractivity contribution < 1.29 is 13.2 Å². The molecule has 2 rings (SSSR count). The zero-order valence-corrected chi connectivity index (χ0v) is 16.3. The molecule has 1 N–H and O–H groups in total. The van der Waals surface area contributed by atoms with Crippen molar-refractivity contribution in [1.29, 1.82) is 0 Å². The van der Waals surface area contributed by atoms with Gasteiger partial charge in [-0.15, -0.1) is 0 Å². The first-order valence-corrected chi connectivity index (χ1v) is 10.2. The minimum absolute atomic E-state index is 0.149. The van der Waals surface area contributed by atoms with E-state index < -0.39 is 10.0 Å². The van der Waals surface area contributed by atoms with E-state index in [1.54, 1.807) is 19.1 Å². The van der Waals surface area contributed by atoms with Gasteiger partial charge >= 0.3 is 0 Å². The maximum atomic E-state index is 13.3. The Bertz CT molecular complexity index is 849. The molecule has 0 aliphatic carbocycles. The average Bonchev–Trinajstić information content (AvgIpc) is 2.62. The first-order chi connectivity index (χ1) is 12.3. The molecule has 0 bridgehead atoms. The highest BCUT2D eigenvalue weighted by Gasteiger charge is 2.28. The van der Waals surface area contributed by atoms with Crippen LogP contribution in [-0.2, 0) is 21.4 Å². The summed E-state index contributed by atoms with van der Waals surface area (Å²) in [5.74, 6) is -0.295. The Kier molecular flexibility index (Phi) is 6.94. The predicted octanol–water partition coefficient (Wildman–Crippen LogP) is 3.02. The van der Waals surface area contributed by atoms with Gasteiger partial charge in [0.05, 0.1) is 11.4 Å². The van der Waals surface area contributed by atoms with Gasteiger partial charge in [-0.2, -0.15) is 4.31 Å². The molecule has 2 aromatic rings. The molecule has 0 aromatic heterocycles. The van der Waals surface area contributed by atoms with Crippen molar-refractivity contribution >= 4 is 15.9 Å². The van der Waals surface area contributed by atoms with Crippen LogP contribution in [0.3, 0.4) is 0 Å². The van der Waals surface area contributed by atoms with E-state index in [9.17, 15) is 13.2 Å². The second-order valence-electron chi connectivity index (χ2n) is 6.38. The van der Waals surface area contributed by atoms with Crippen molar-refractivity contribution in [3.63, 3.8) is 0 Å². The summed E-state index contributed by atoms with van der Waals surface area (Å²) in [6.07, 6.45) is 0.800. The van der Waals surface area contributed by atoms with Crippen LogP contribution in [0.2, 0.25) is 0 Å². The quantitative estimate of drug-likeness (QED) is 0.772. The lowest BCUT2D eigenvalue weighted by Gasteiger charge is -2.23. The van der Waals surface area contributed by atoms with E-state index in [1.165, 1.54) is 4.31 Å². The maximum Gasteiger partial charge on any atom is 0.244 e. The van der Waals surface area contributed by atoms with Crippen LogP contribution in [0.25, 0.3) is 0 Å². The summed E-state index contributed by atoms with van der Waals surface area (Å²) in [6, 6.07) is 14.6. The van der Waals surface area contributed by atoms with Crippen LogP contribution in [0.5, 0.6) is 0 Å². The van der Waals surface area contributed by atoms with Gasteiger partial charge in [-0.05, 0) is 43.0 Å². The fourth-order valence-corrected chi connectivity index (χ4v) is 4.31. The van der Waals surface area contributed by atoms with E-state index in [4.69, 9.17) is 0 Å². The van der Waals surface area contributed by atoms with E-state index in [-0.39, 0.29) is 23.9 Å². The highest BCUT2D eigenvalue weighted by molar-refractivity contribution is 7.89. The van der Waals surface area contributed by atoms with Gasteiger partial charge in [0.2, 0.25) is 15.9 Å². The van der Waals surface area contributed by atoms with Gasteiger partial charge in [-0.3, -0.25) is 4.79 Å². The molecular formula is C20H26N2O3S. The summed E-state index contributed by atoms with van der Waals surface area (Å²) < 4.78 is 27.8.